The predicted molar refractivity (Wildman–Crippen MR) is 82.5 cm³/mol. The number of nitrogens with zero attached hydrogens (tertiary/aromatic N) is 2. The predicted octanol–water partition coefficient (Wildman–Crippen LogP) is 2.87. The first-order valence-electron chi connectivity index (χ1n) is 6.95. The zero-order chi connectivity index (χ0) is 14.5. The molecular weight excluding hydrogens is 272 g/mol. The first-order chi connectivity index (χ1) is 9.67. The summed E-state index contributed by atoms with van der Waals surface area (Å²) in [4.78, 5) is 0. The summed E-state index contributed by atoms with van der Waals surface area (Å²) < 4.78 is 2.01. The van der Waals surface area contributed by atoms with Crippen molar-refractivity contribution in [3.05, 3.63) is 52.3 Å². The molecule has 2 rings (SSSR count). The fourth-order valence-corrected chi connectivity index (χ4v) is 2.55. The number of nitrogens with two attached hydrogens (primary N) is 1. The second-order valence-corrected chi connectivity index (χ2v) is 5.22. The molecule has 1 aromatic heterocycles. The standard InChI is InChI=1S/C15H21ClN4/c1-3-13-10-15(20(4-2)19-13)14(18-17)9-11-6-5-7-12(16)8-11/h5-8,10,14,18H,3-4,9,17H2,1-2H3. The Morgan fingerprint density at radius 1 is 1.35 bits per heavy atom. The monoisotopic (exact) mass is 292 g/mol. The molecule has 0 fully saturated rings. The summed E-state index contributed by atoms with van der Waals surface area (Å²) in [7, 11) is 0. The molecular formula is C15H21ClN4. The van der Waals surface area contributed by atoms with Crippen molar-refractivity contribution in [1.29, 1.82) is 0 Å². The maximum absolute atomic E-state index is 6.03. The van der Waals surface area contributed by atoms with E-state index in [9.17, 15) is 0 Å². The molecule has 20 heavy (non-hydrogen) atoms. The van der Waals surface area contributed by atoms with Crippen LogP contribution in [0.15, 0.2) is 30.3 Å². The third-order valence-electron chi connectivity index (χ3n) is 3.41. The minimum atomic E-state index is 0.0289. The summed E-state index contributed by atoms with van der Waals surface area (Å²) in [6.45, 7) is 5.03. The number of aryl methyl sites for hydroxylation is 2. The summed E-state index contributed by atoms with van der Waals surface area (Å²) in [5, 5.41) is 5.32. The van der Waals surface area contributed by atoms with Crippen LogP contribution < -0.4 is 11.3 Å². The third-order valence-corrected chi connectivity index (χ3v) is 3.65. The molecule has 0 saturated heterocycles. The lowest BCUT2D eigenvalue weighted by Gasteiger charge is -2.17. The van der Waals surface area contributed by atoms with Gasteiger partial charge in [0.1, 0.15) is 0 Å². The first kappa shape index (κ1) is 15.0. The summed E-state index contributed by atoms with van der Waals surface area (Å²) in [6.07, 6.45) is 1.71. The Kier molecular flexibility index (Phi) is 5.17. The molecule has 0 radical (unpaired) electrons. The van der Waals surface area contributed by atoms with Crippen LogP contribution >= 0.6 is 11.6 Å². The minimum Gasteiger partial charge on any atom is -0.271 e. The lowest BCUT2D eigenvalue weighted by atomic mass is 10.0. The quantitative estimate of drug-likeness (QED) is 0.636. The molecule has 0 aliphatic carbocycles. The number of nitrogens with one attached hydrogen (secondary N) is 1. The number of halogens is 1. The molecule has 1 unspecified atom stereocenters. The van der Waals surface area contributed by atoms with Gasteiger partial charge in [0.2, 0.25) is 0 Å². The Morgan fingerprint density at radius 2 is 2.15 bits per heavy atom. The second kappa shape index (κ2) is 6.88. The molecule has 2 aromatic rings. The molecule has 4 nitrogen and oxygen atoms in total. The lowest BCUT2D eigenvalue weighted by molar-refractivity contribution is 0.490. The second-order valence-electron chi connectivity index (χ2n) is 4.78. The van der Waals surface area contributed by atoms with Crippen molar-refractivity contribution in [2.75, 3.05) is 0 Å². The molecule has 5 heteroatoms. The van der Waals surface area contributed by atoms with Crippen LogP contribution in [0.3, 0.4) is 0 Å². The van der Waals surface area contributed by atoms with Gasteiger partial charge in [-0.15, -0.1) is 0 Å². The van der Waals surface area contributed by atoms with E-state index < -0.39 is 0 Å². The van der Waals surface area contributed by atoms with E-state index in [1.165, 1.54) is 0 Å². The normalized spacial score (nSPS) is 12.6. The van der Waals surface area contributed by atoms with Gasteiger partial charge in [-0.2, -0.15) is 5.10 Å². The molecule has 1 atom stereocenters. The van der Waals surface area contributed by atoms with E-state index in [0.717, 1.165) is 41.4 Å². The van der Waals surface area contributed by atoms with Crippen molar-refractivity contribution in [3.8, 4) is 0 Å². The fourth-order valence-electron chi connectivity index (χ4n) is 2.34. The van der Waals surface area contributed by atoms with E-state index in [0.29, 0.717) is 0 Å². The maximum atomic E-state index is 6.03. The minimum absolute atomic E-state index is 0.0289. The average Bonchev–Trinajstić information content (AvgIpc) is 2.88. The molecule has 0 saturated carbocycles. The number of hydrogen-bond acceptors (Lipinski definition) is 3. The van der Waals surface area contributed by atoms with E-state index in [1.807, 2.05) is 22.9 Å². The molecule has 1 heterocycles. The summed E-state index contributed by atoms with van der Waals surface area (Å²) in [6, 6.07) is 10.0. The molecule has 108 valence electrons. The Balaban J connectivity index is 2.25. The van der Waals surface area contributed by atoms with Crippen LogP contribution in [0.2, 0.25) is 5.02 Å². The fraction of sp³-hybridized carbons (Fsp3) is 0.400. The van der Waals surface area contributed by atoms with E-state index >= 15 is 0 Å². The maximum Gasteiger partial charge on any atom is 0.0669 e. The highest BCUT2D eigenvalue weighted by molar-refractivity contribution is 6.30. The van der Waals surface area contributed by atoms with Crippen molar-refractivity contribution < 1.29 is 0 Å². The molecule has 0 amide bonds. The zero-order valence-corrected chi connectivity index (χ0v) is 12.7. The lowest BCUT2D eigenvalue weighted by Crippen LogP contribution is -2.31. The van der Waals surface area contributed by atoms with Gasteiger partial charge in [0.15, 0.2) is 0 Å². The molecule has 0 bridgehead atoms. The van der Waals surface area contributed by atoms with Gasteiger partial charge in [0, 0.05) is 11.6 Å². The van der Waals surface area contributed by atoms with Gasteiger partial charge in [-0.25, -0.2) is 0 Å². The van der Waals surface area contributed by atoms with Crippen LogP contribution in [0.5, 0.6) is 0 Å². The van der Waals surface area contributed by atoms with Crippen molar-refractivity contribution in [1.82, 2.24) is 15.2 Å². The Hall–Kier alpha value is -1.36. The largest absolute Gasteiger partial charge is 0.271 e. The van der Waals surface area contributed by atoms with Crippen molar-refractivity contribution in [2.45, 2.75) is 39.3 Å². The summed E-state index contributed by atoms with van der Waals surface area (Å²) in [5.41, 5.74) is 6.26. The number of benzene rings is 1. The zero-order valence-electron chi connectivity index (χ0n) is 11.9. The van der Waals surface area contributed by atoms with Crippen LogP contribution in [-0.4, -0.2) is 9.78 Å². The van der Waals surface area contributed by atoms with E-state index in [2.05, 4.69) is 36.5 Å². The van der Waals surface area contributed by atoms with Crippen molar-refractivity contribution in [3.63, 3.8) is 0 Å². The van der Waals surface area contributed by atoms with E-state index in [-0.39, 0.29) is 6.04 Å². The number of hydrazine groups is 1. The van der Waals surface area contributed by atoms with Crippen LogP contribution in [-0.2, 0) is 19.4 Å². The van der Waals surface area contributed by atoms with Gasteiger partial charge in [0.05, 0.1) is 17.4 Å². The van der Waals surface area contributed by atoms with Gasteiger partial charge >= 0.3 is 0 Å². The van der Waals surface area contributed by atoms with Crippen molar-refractivity contribution in [2.24, 2.45) is 5.84 Å². The highest BCUT2D eigenvalue weighted by atomic mass is 35.5. The summed E-state index contributed by atoms with van der Waals surface area (Å²) in [5.74, 6) is 5.74. The van der Waals surface area contributed by atoms with Crippen LogP contribution in [0.1, 0.15) is 36.8 Å². The number of aromatic nitrogens is 2. The molecule has 0 spiro atoms. The van der Waals surface area contributed by atoms with E-state index in [1.54, 1.807) is 0 Å². The summed E-state index contributed by atoms with van der Waals surface area (Å²) >= 11 is 6.03. The number of rotatable bonds is 6. The van der Waals surface area contributed by atoms with E-state index in [4.69, 9.17) is 17.4 Å². The third kappa shape index (κ3) is 3.39. The molecule has 0 aliphatic heterocycles. The smallest absolute Gasteiger partial charge is 0.0669 e. The van der Waals surface area contributed by atoms with Crippen LogP contribution in [0.25, 0.3) is 0 Å². The van der Waals surface area contributed by atoms with Gasteiger partial charge < -0.3 is 0 Å². The number of hydrogen-bond donors (Lipinski definition) is 2. The first-order valence-corrected chi connectivity index (χ1v) is 7.32. The highest BCUT2D eigenvalue weighted by Crippen LogP contribution is 2.21. The average molecular weight is 293 g/mol. The Labute approximate surface area is 124 Å². The molecule has 0 aliphatic rings. The van der Waals surface area contributed by atoms with Gasteiger partial charge in [-0.1, -0.05) is 30.7 Å². The molecule has 3 N–H and O–H groups in total. The highest BCUT2D eigenvalue weighted by Gasteiger charge is 2.17. The topological polar surface area (TPSA) is 55.9 Å². The molecule has 1 aromatic carbocycles. The van der Waals surface area contributed by atoms with Gasteiger partial charge in [0.25, 0.3) is 0 Å². The Bertz CT molecular complexity index is 565. The van der Waals surface area contributed by atoms with Crippen LogP contribution in [0.4, 0.5) is 0 Å². The van der Waals surface area contributed by atoms with Crippen molar-refractivity contribution >= 4 is 11.6 Å². The van der Waals surface area contributed by atoms with Gasteiger partial charge in [-0.05, 0) is 43.5 Å². The van der Waals surface area contributed by atoms with Gasteiger partial charge in [-0.3, -0.25) is 16.0 Å². The Morgan fingerprint density at radius 3 is 2.75 bits per heavy atom. The van der Waals surface area contributed by atoms with Crippen LogP contribution in [0, 0.1) is 0 Å². The SMILES string of the molecule is CCc1cc(C(Cc2cccc(Cl)c2)NN)n(CC)n1.